The maximum atomic E-state index is 4.18. The summed E-state index contributed by atoms with van der Waals surface area (Å²) in [6.45, 7) is 7.57. The van der Waals surface area contributed by atoms with Crippen molar-refractivity contribution in [3.8, 4) is 0 Å². The lowest BCUT2D eigenvalue weighted by atomic mass is 9.85. The van der Waals surface area contributed by atoms with Crippen LogP contribution in [0.4, 0.5) is 0 Å². The maximum absolute atomic E-state index is 4.18. The van der Waals surface area contributed by atoms with Gasteiger partial charge in [-0.2, -0.15) is 0 Å². The van der Waals surface area contributed by atoms with Crippen LogP contribution in [0, 0.1) is 11.8 Å². The number of hydrogen-bond acceptors (Lipinski definition) is 6. The van der Waals surface area contributed by atoms with Gasteiger partial charge in [0.2, 0.25) is 0 Å². The number of nitrogens with zero attached hydrogens (tertiary/aromatic N) is 4. The molecular weight excluding hydrogens is 360 g/mol. The van der Waals surface area contributed by atoms with Crippen molar-refractivity contribution in [1.29, 1.82) is 0 Å². The number of thioether (sulfide) groups is 2. The molecule has 6 heteroatoms. The lowest BCUT2D eigenvalue weighted by Crippen LogP contribution is -2.24. The molecule has 2 aromatic heterocycles. The van der Waals surface area contributed by atoms with Crippen LogP contribution in [0.5, 0.6) is 0 Å². The van der Waals surface area contributed by atoms with Gasteiger partial charge in [0.1, 0.15) is 0 Å². The van der Waals surface area contributed by atoms with E-state index in [-0.39, 0.29) is 0 Å². The van der Waals surface area contributed by atoms with E-state index in [2.05, 4.69) is 33.1 Å². The van der Waals surface area contributed by atoms with Crippen LogP contribution in [0.25, 0.3) is 0 Å². The summed E-state index contributed by atoms with van der Waals surface area (Å²) in [5, 5.41) is 3.20. The molecule has 2 fully saturated rings. The van der Waals surface area contributed by atoms with Crippen molar-refractivity contribution in [3.05, 3.63) is 62.2 Å². The van der Waals surface area contributed by atoms with Crippen LogP contribution in [0.1, 0.15) is 25.7 Å². The van der Waals surface area contributed by atoms with Gasteiger partial charge in [0.15, 0.2) is 10.3 Å². The van der Waals surface area contributed by atoms with Crippen LogP contribution in [0.15, 0.2) is 72.5 Å². The molecule has 0 aliphatic heterocycles. The largest absolute Gasteiger partial charge is 0.231 e. The molecule has 2 saturated carbocycles. The van der Waals surface area contributed by atoms with Crippen molar-refractivity contribution in [2.45, 2.75) is 46.5 Å². The SMILES string of the molecule is C=CC1CC(Sc2ncccn2)C1.C=CC1CC(Sc2ncccn2)C1. The van der Waals surface area contributed by atoms with E-state index in [1.54, 1.807) is 48.3 Å². The molecule has 0 amide bonds. The number of rotatable bonds is 6. The van der Waals surface area contributed by atoms with Crippen molar-refractivity contribution in [3.63, 3.8) is 0 Å². The Balaban J connectivity index is 0.000000151. The van der Waals surface area contributed by atoms with E-state index in [1.807, 2.05) is 24.3 Å². The first-order chi connectivity index (χ1) is 12.8. The predicted octanol–water partition coefficient (Wildman–Crippen LogP) is 5.07. The van der Waals surface area contributed by atoms with E-state index in [0.717, 1.165) is 22.1 Å². The van der Waals surface area contributed by atoms with E-state index >= 15 is 0 Å². The Bertz CT molecular complexity index is 622. The normalized spacial score (nSPS) is 26.5. The molecular formula is C20H24N4S2. The average molecular weight is 385 g/mol. The molecule has 0 saturated heterocycles. The van der Waals surface area contributed by atoms with Crippen LogP contribution < -0.4 is 0 Å². The predicted molar refractivity (Wildman–Crippen MR) is 109 cm³/mol. The minimum atomic E-state index is 0.699. The fourth-order valence-corrected chi connectivity index (χ4v) is 5.24. The number of aromatic nitrogens is 4. The van der Waals surface area contributed by atoms with Crippen LogP contribution in [0.3, 0.4) is 0 Å². The molecule has 0 unspecified atom stereocenters. The second kappa shape index (κ2) is 9.88. The summed E-state index contributed by atoms with van der Waals surface area (Å²) in [6, 6.07) is 3.69. The van der Waals surface area contributed by atoms with Crippen molar-refractivity contribution < 1.29 is 0 Å². The van der Waals surface area contributed by atoms with Crippen molar-refractivity contribution in [2.24, 2.45) is 11.8 Å². The summed E-state index contributed by atoms with van der Waals surface area (Å²) in [5.41, 5.74) is 0. The van der Waals surface area contributed by atoms with Crippen LogP contribution in [0.2, 0.25) is 0 Å². The molecule has 0 atom stereocenters. The second-order valence-electron chi connectivity index (χ2n) is 6.48. The van der Waals surface area contributed by atoms with Gasteiger partial charge < -0.3 is 0 Å². The van der Waals surface area contributed by atoms with Crippen molar-refractivity contribution in [1.82, 2.24) is 19.9 Å². The topological polar surface area (TPSA) is 51.6 Å². The van der Waals surface area contributed by atoms with Gasteiger partial charge >= 0.3 is 0 Å². The molecule has 0 spiro atoms. The van der Waals surface area contributed by atoms with E-state index in [9.17, 15) is 0 Å². The second-order valence-corrected chi connectivity index (χ2v) is 9.01. The van der Waals surface area contributed by atoms with Crippen molar-refractivity contribution in [2.75, 3.05) is 0 Å². The highest BCUT2D eigenvalue weighted by Gasteiger charge is 2.28. The average Bonchev–Trinajstić information content (AvgIpc) is 2.63. The Kier molecular flexibility index (Phi) is 7.26. The summed E-state index contributed by atoms with van der Waals surface area (Å²) >= 11 is 3.56. The van der Waals surface area contributed by atoms with E-state index in [1.165, 1.54) is 25.7 Å². The van der Waals surface area contributed by atoms with Gasteiger partial charge in [0, 0.05) is 35.3 Å². The minimum Gasteiger partial charge on any atom is -0.231 e. The maximum Gasteiger partial charge on any atom is 0.187 e. The molecule has 136 valence electrons. The van der Waals surface area contributed by atoms with Gasteiger partial charge in [0.25, 0.3) is 0 Å². The summed E-state index contributed by atoms with van der Waals surface area (Å²) in [5.74, 6) is 1.45. The minimum absolute atomic E-state index is 0.699. The van der Waals surface area contributed by atoms with Crippen molar-refractivity contribution >= 4 is 23.5 Å². The monoisotopic (exact) mass is 384 g/mol. The standard InChI is InChI=1S/2C10H12N2S/c2*1-2-8-6-9(7-8)13-10-11-4-3-5-12-10/h2*2-5,8-9H,1,6-7H2. The third-order valence-electron chi connectivity index (χ3n) is 4.56. The Labute approximate surface area is 164 Å². The summed E-state index contributed by atoms with van der Waals surface area (Å²) in [4.78, 5) is 16.7. The molecule has 4 nitrogen and oxygen atoms in total. The van der Waals surface area contributed by atoms with E-state index in [0.29, 0.717) is 10.5 Å². The zero-order valence-corrected chi connectivity index (χ0v) is 16.4. The summed E-state index contributed by atoms with van der Waals surface area (Å²) in [6.07, 6.45) is 16.2. The first-order valence-electron chi connectivity index (χ1n) is 8.89. The molecule has 2 aliphatic rings. The highest BCUT2D eigenvalue weighted by molar-refractivity contribution is 8.00. The number of allylic oxidation sites excluding steroid dienone is 2. The molecule has 0 N–H and O–H groups in total. The highest BCUT2D eigenvalue weighted by Crippen LogP contribution is 2.40. The van der Waals surface area contributed by atoms with Gasteiger partial charge in [-0.25, -0.2) is 19.9 Å². The first kappa shape index (κ1) is 19.1. The van der Waals surface area contributed by atoms with E-state index in [4.69, 9.17) is 0 Å². The Morgan fingerprint density at radius 3 is 1.35 bits per heavy atom. The third kappa shape index (κ3) is 5.68. The molecule has 0 radical (unpaired) electrons. The fraction of sp³-hybridized carbons (Fsp3) is 0.400. The fourth-order valence-electron chi connectivity index (χ4n) is 2.78. The van der Waals surface area contributed by atoms with Gasteiger partial charge in [-0.05, 0) is 49.7 Å². The van der Waals surface area contributed by atoms with Gasteiger partial charge in [0.05, 0.1) is 0 Å². The zero-order chi connectivity index (χ0) is 18.2. The summed E-state index contributed by atoms with van der Waals surface area (Å²) < 4.78 is 0. The number of hydrogen-bond donors (Lipinski definition) is 0. The Hall–Kier alpha value is -1.66. The lowest BCUT2D eigenvalue weighted by molar-refractivity contribution is 0.403. The zero-order valence-electron chi connectivity index (χ0n) is 14.8. The molecule has 2 aliphatic carbocycles. The lowest BCUT2D eigenvalue weighted by Gasteiger charge is -2.31. The molecule has 2 aromatic rings. The van der Waals surface area contributed by atoms with E-state index < -0.39 is 0 Å². The molecule has 2 heterocycles. The quantitative estimate of drug-likeness (QED) is 0.512. The Morgan fingerprint density at radius 1 is 0.692 bits per heavy atom. The molecule has 0 bridgehead atoms. The first-order valence-corrected chi connectivity index (χ1v) is 10.6. The Morgan fingerprint density at radius 2 is 1.04 bits per heavy atom. The smallest absolute Gasteiger partial charge is 0.187 e. The highest BCUT2D eigenvalue weighted by atomic mass is 32.2. The van der Waals surface area contributed by atoms with Crippen LogP contribution in [-0.2, 0) is 0 Å². The van der Waals surface area contributed by atoms with Gasteiger partial charge in [-0.1, -0.05) is 35.7 Å². The van der Waals surface area contributed by atoms with Crippen LogP contribution in [-0.4, -0.2) is 30.4 Å². The van der Waals surface area contributed by atoms with Gasteiger partial charge in [-0.3, -0.25) is 0 Å². The van der Waals surface area contributed by atoms with Crippen LogP contribution >= 0.6 is 23.5 Å². The third-order valence-corrected chi connectivity index (χ3v) is 6.84. The van der Waals surface area contributed by atoms with Gasteiger partial charge in [-0.15, -0.1) is 13.2 Å². The molecule has 0 aromatic carbocycles. The molecule has 4 rings (SSSR count). The molecule has 26 heavy (non-hydrogen) atoms. The summed E-state index contributed by atoms with van der Waals surface area (Å²) in [7, 11) is 0.